The fraction of sp³-hybridized carbons (Fsp3) is 0.944. The van der Waals surface area contributed by atoms with Crippen molar-refractivity contribution in [2.24, 2.45) is 0 Å². The fourth-order valence-corrected chi connectivity index (χ4v) is 3.95. The Kier molecular flexibility index (Phi) is 7.87. The van der Waals surface area contributed by atoms with Gasteiger partial charge < -0.3 is 58.3 Å². The molecule has 0 aromatic heterocycles. The van der Waals surface area contributed by atoms with Crippen LogP contribution >= 0.6 is 0 Å². The van der Waals surface area contributed by atoms with Gasteiger partial charge >= 0.3 is 5.97 Å². The van der Waals surface area contributed by atoms with Gasteiger partial charge in [-0.05, 0) is 0 Å². The molecule has 0 spiro atoms. The third kappa shape index (κ3) is 4.58. The van der Waals surface area contributed by atoms with Crippen LogP contribution in [0.1, 0.15) is 6.92 Å². The van der Waals surface area contributed by atoms with Gasteiger partial charge in [-0.15, -0.1) is 0 Å². The van der Waals surface area contributed by atoms with E-state index >= 15 is 0 Å². The number of carbonyl (C=O) groups excluding carboxylic acids is 1. The van der Waals surface area contributed by atoms with Crippen molar-refractivity contribution in [1.29, 1.82) is 0 Å². The zero-order valence-electron chi connectivity index (χ0n) is 17.7. The first-order valence-electron chi connectivity index (χ1n) is 9.78. The molecule has 0 aliphatic carbocycles. The minimum atomic E-state index is -1.71. The first-order valence-corrected chi connectivity index (χ1v) is 9.78. The van der Waals surface area contributed by atoms with E-state index < -0.39 is 79.8 Å². The second-order valence-electron chi connectivity index (χ2n) is 7.61. The van der Waals surface area contributed by atoms with Crippen LogP contribution < -0.4 is 0 Å². The summed E-state index contributed by atoms with van der Waals surface area (Å²) in [5.41, 5.74) is 0. The van der Waals surface area contributed by atoms with Crippen LogP contribution in [-0.4, -0.2) is 128 Å². The lowest BCUT2D eigenvalue weighted by molar-refractivity contribution is -0.397. The molecule has 3 aliphatic heterocycles. The highest BCUT2D eigenvalue weighted by Gasteiger charge is 2.57. The van der Waals surface area contributed by atoms with Gasteiger partial charge in [0, 0.05) is 21.1 Å². The molecule has 3 rings (SSSR count). The molecule has 0 radical (unpaired) electrons. The molecule has 180 valence electrons. The third-order valence-corrected chi connectivity index (χ3v) is 5.67. The second-order valence-corrected chi connectivity index (χ2v) is 7.61. The first-order chi connectivity index (χ1) is 14.7. The van der Waals surface area contributed by atoms with Crippen molar-refractivity contribution in [2.75, 3.05) is 34.5 Å². The van der Waals surface area contributed by atoms with E-state index in [9.17, 15) is 25.2 Å². The van der Waals surface area contributed by atoms with E-state index in [1.54, 1.807) is 0 Å². The average molecular weight is 454 g/mol. The van der Waals surface area contributed by atoms with Crippen LogP contribution in [0, 0.1) is 0 Å². The van der Waals surface area contributed by atoms with Crippen LogP contribution in [0.3, 0.4) is 0 Å². The third-order valence-electron chi connectivity index (χ3n) is 5.67. The summed E-state index contributed by atoms with van der Waals surface area (Å²) in [7, 11) is 3.81. The normalized spacial score (nSPS) is 48.1. The van der Waals surface area contributed by atoms with E-state index in [0.29, 0.717) is 0 Å². The molecule has 0 aromatic carbocycles. The average Bonchev–Trinajstić information content (AvgIpc) is 2.76. The summed E-state index contributed by atoms with van der Waals surface area (Å²) in [6.45, 7) is 0.716. The van der Waals surface area contributed by atoms with E-state index in [4.69, 9.17) is 37.9 Å². The Morgan fingerprint density at radius 3 is 2.26 bits per heavy atom. The van der Waals surface area contributed by atoms with Gasteiger partial charge in [-0.1, -0.05) is 0 Å². The summed E-state index contributed by atoms with van der Waals surface area (Å²) >= 11 is 0. The van der Waals surface area contributed by atoms with Crippen molar-refractivity contribution in [3.8, 4) is 0 Å². The molecule has 31 heavy (non-hydrogen) atoms. The molecule has 3 heterocycles. The minimum Gasteiger partial charge on any atom is -0.465 e. The molecule has 0 bridgehead atoms. The number of methoxy groups -OCH3 is 3. The van der Waals surface area contributed by atoms with Gasteiger partial charge in [-0.3, -0.25) is 0 Å². The van der Waals surface area contributed by atoms with Crippen LogP contribution in [0.5, 0.6) is 0 Å². The summed E-state index contributed by atoms with van der Waals surface area (Å²) in [4.78, 5) is 12.0. The Hall–Kier alpha value is -0.970. The van der Waals surface area contributed by atoms with Crippen molar-refractivity contribution in [2.45, 2.75) is 74.1 Å². The van der Waals surface area contributed by atoms with Gasteiger partial charge in [-0.2, -0.15) is 0 Å². The summed E-state index contributed by atoms with van der Waals surface area (Å²) in [5, 5.41) is 41.1. The highest BCUT2D eigenvalue weighted by molar-refractivity contribution is 5.77. The molecule has 0 saturated carbocycles. The van der Waals surface area contributed by atoms with Crippen molar-refractivity contribution in [3.63, 3.8) is 0 Å². The molecule has 0 unspecified atom stereocenters. The zero-order valence-corrected chi connectivity index (χ0v) is 17.7. The molecule has 3 fully saturated rings. The van der Waals surface area contributed by atoms with Gasteiger partial charge in [0.15, 0.2) is 12.6 Å². The van der Waals surface area contributed by atoms with E-state index in [-0.39, 0.29) is 6.61 Å². The zero-order chi connectivity index (χ0) is 22.9. The number of ether oxygens (including phenoxy) is 8. The molecule has 13 nitrogen and oxygen atoms in total. The van der Waals surface area contributed by atoms with Gasteiger partial charge in [0.1, 0.15) is 48.8 Å². The summed E-state index contributed by atoms with van der Waals surface area (Å²) in [5.74, 6) is -2.47. The van der Waals surface area contributed by atoms with Crippen LogP contribution in [0.15, 0.2) is 0 Å². The Balaban J connectivity index is 1.76. The molecule has 11 atom stereocenters. The van der Waals surface area contributed by atoms with Gasteiger partial charge in [0.2, 0.25) is 0 Å². The second kappa shape index (κ2) is 9.89. The maximum atomic E-state index is 12.0. The number of aliphatic hydroxyl groups is 4. The lowest BCUT2D eigenvalue weighted by Gasteiger charge is -2.50. The van der Waals surface area contributed by atoms with E-state index in [1.807, 2.05) is 0 Å². The maximum Gasteiger partial charge on any atom is 0.366 e. The molecular weight excluding hydrogens is 424 g/mol. The number of hydrogen-bond donors (Lipinski definition) is 4. The predicted octanol–water partition coefficient (Wildman–Crippen LogP) is -3.14. The highest BCUT2D eigenvalue weighted by Crippen LogP contribution is 2.36. The Morgan fingerprint density at radius 1 is 1.00 bits per heavy atom. The van der Waals surface area contributed by atoms with Crippen LogP contribution in [-0.2, 0) is 42.7 Å². The maximum absolute atomic E-state index is 12.0. The smallest absolute Gasteiger partial charge is 0.366 e. The topological polar surface area (TPSA) is 172 Å². The van der Waals surface area contributed by atoms with E-state index in [1.165, 1.54) is 28.3 Å². The molecule has 4 N–H and O–H groups in total. The Morgan fingerprint density at radius 2 is 1.68 bits per heavy atom. The molecule has 0 amide bonds. The van der Waals surface area contributed by atoms with Crippen molar-refractivity contribution < 1.29 is 63.1 Å². The molecule has 3 saturated heterocycles. The van der Waals surface area contributed by atoms with Gasteiger partial charge in [-0.25, -0.2) is 4.79 Å². The standard InChI is InChI=1S/C18H30O13/c1-18(17(23)26-4)27-6-8-12(31-18)14(24-2)11(22)16(29-8)30-13-9(20)7(5-19)28-15(25-3)10(13)21/h7-16,19-22H,5-6H2,1-4H3/t7-,8-,9-,10-,11-,12-,13+,14-,15-,16+,18+/m1/s1. The summed E-state index contributed by atoms with van der Waals surface area (Å²) < 4.78 is 43.0. The highest BCUT2D eigenvalue weighted by atomic mass is 16.8. The lowest BCUT2D eigenvalue weighted by atomic mass is 9.95. The van der Waals surface area contributed by atoms with Crippen LogP contribution in [0.2, 0.25) is 0 Å². The largest absolute Gasteiger partial charge is 0.465 e. The number of rotatable bonds is 6. The van der Waals surface area contributed by atoms with Gasteiger partial charge in [0.05, 0.1) is 20.3 Å². The quantitative estimate of drug-likeness (QED) is 0.297. The van der Waals surface area contributed by atoms with E-state index in [0.717, 1.165) is 0 Å². The van der Waals surface area contributed by atoms with Crippen molar-refractivity contribution >= 4 is 5.97 Å². The number of fused-ring (bicyclic) bond motifs is 1. The minimum absolute atomic E-state index is 0.110. The fourth-order valence-electron chi connectivity index (χ4n) is 3.95. The SMILES string of the molecule is COC(=O)[C@@]1(C)OC[C@H]2O[C@@H](O[C@@H]3[C@@H](O)[C@H](OC)O[C@H](CO)[C@H]3O)[C@H](O)[C@@H](OC)[C@@H]2O1. The summed E-state index contributed by atoms with van der Waals surface area (Å²) in [6.07, 6.45) is -12.0. The molecular formula is C18H30O13. The lowest BCUT2D eigenvalue weighted by Crippen LogP contribution is -2.68. The molecule has 13 heteroatoms. The molecule has 3 aliphatic rings. The van der Waals surface area contributed by atoms with Gasteiger partial charge in [0.25, 0.3) is 5.79 Å². The van der Waals surface area contributed by atoms with E-state index in [2.05, 4.69) is 0 Å². The number of hydrogen-bond acceptors (Lipinski definition) is 13. The van der Waals surface area contributed by atoms with Crippen molar-refractivity contribution in [1.82, 2.24) is 0 Å². The Bertz CT molecular complexity index is 603. The van der Waals surface area contributed by atoms with Crippen LogP contribution in [0.25, 0.3) is 0 Å². The summed E-state index contributed by atoms with van der Waals surface area (Å²) in [6, 6.07) is 0. The number of aliphatic hydroxyl groups excluding tert-OH is 4. The first kappa shape index (κ1) is 24.7. The van der Waals surface area contributed by atoms with Crippen molar-refractivity contribution in [3.05, 3.63) is 0 Å². The van der Waals surface area contributed by atoms with Crippen LogP contribution in [0.4, 0.5) is 0 Å². The number of carbonyl (C=O) groups is 1. The Labute approximate surface area is 178 Å². The number of esters is 1. The molecule has 0 aromatic rings. The predicted molar refractivity (Wildman–Crippen MR) is 96.4 cm³/mol. The monoisotopic (exact) mass is 454 g/mol.